The Labute approximate surface area is 230 Å². The maximum Gasteiger partial charge on any atom is 0.264 e. The zero-order valence-corrected chi connectivity index (χ0v) is 23.9. The summed E-state index contributed by atoms with van der Waals surface area (Å²) in [6.07, 6.45) is 0. The molecule has 0 saturated carbocycles. The lowest BCUT2D eigenvalue weighted by Crippen LogP contribution is -2.52. The molecule has 202 valence electrons. The molecular weight excluding hydrogens is 522 g/mol. The number of hydrogen-bond acceptors (Lipinski definition) is 4. The van der Waals surface area contributed by atoms with Gasteiger partial charge < -0.3 is 10.2 Å². The van der Waals surface area contributed by atoms with E-state index in [2.05, 4.69) is 5.32 Å². The molecule has 2 amide bonds. The summed E-state index contributed by atoms with van der Waals surface area (Å²) in [7, 11) is -4.11. The predicted octanol–water partition coefficient (Wildman–Crippen LogP) is 5.09. The fourth-order valence-electron chi connectivity index (χ4n) is 3.97. The SMILES string of the molecule is Cc1ccc(S(=O)(=O)N(CC(=O)N(Cc2cccc(C)c2)[C@H](C)C(=O)NC(C)C)c2ccc(Cl)cc2)cc1. The molecule has 0 fully saturated rings. The van der Waals surface area contributed by atoms with Crippen LogP contribution in [-0.4, -0.2) is 43.8 Å². The number of anilines is 1. The van der Waals surface area contributed by atoms with E-state index in [0.29, 0.717) is 5.02 Å². The molecule has 0 unspecified atom stereocenters. The number of amides is 2. The van der Waals surface area contributed by atoms with Crippen molar-refractivity contribution in [3.8, 4) is 0 Å². The van der Waals surface area contributed by atoms with Gasteiger partial charge >= 0.3 is 0 Å². The van der Waals surface area contributed by atoms with Crippen molar-refractivity contribution in [3.63, 3.8) is 0 Å². The van der Waals surface area contributed by atoms with Gasteiger partial charge in [0.1, 0.15) is 12.6 Å². The molecule has 9 heteroatoms. The standard InChI is InChI=1S/C29H34ClN3O4S/c1-20(2)31-29(35)23(5)32(18-24-8-6-7-22(4)17-24)28(34)19-33(26-13-11-25(30)12-14-26)38(36,37)27-15-9-21(3)10-16-27/h6-17,20,23H,18-19H2,1-5H3,(H,31,35)/t23-/m1/s1. The lowest BCUT2D eigenvalue weighted by Gasteiger charge is -2.32. The minimum absolute atomic E-state index is 0.0571. The molecule has 1 atom stereocenters. The van der Waals surface area contributed by atoms with Gasteiger partial charge in [0.15, 0.2) is 0 Å². The molecule has 38 heavy (non-hydrogen) atoms. The molecule has 3 aromatic rings. The maximum absolute atomic E-state index is 13.9. The fourth-order valence-corrected chi connectivity index (χ4v) is 5.51. The Morgan fingerprint density at radius 1 is 0.895 bits per heavy atom. The molecule has 0 heterocycles. The lowest BCUT2D eigenvalue weighted by molar-refractivity contribution is -0.139. The van der Waals surface area contributed by atoms with Gasteiger partial charge in [-0.15, -0.1) is 0 Å². The van der Waals surface area contributed by atoms with Crippen molar-refractivity contribution in [2.45, 2.75) is 58.1 Å². The van der Waals surface area contributed by atoms with Crippen LogP contribution < -0.4 is 9.62 Å². The van der Waals surface area contributed by atoms with Gasteiger partial charge in [-0.1, -0.05) is 59.1 Å². The minimum Gasteiger partial charge on any atom is -0.352 e. The summed E-state index contributed by atoms with van der Waals surface area (Å²) in [5.74, 6) is -0.830. The van der Waals surface area contributed by atoms with E-state index in [1.807, 2.05) is 52.0 Å². The van der Waals surface area contributed by atoms with Gasteiger partial charge in [-0.05, 0) is 76.6 Å². The number of nitrogens with one attached hydrogen (secondary N) is 1. The number of nitrogens with zero attached hydrogens (tertiary/aromatic N) is 2. The van der Waals surface area contributed by atoms with E-state index in [4.69, 9.17) is 11.6 Å². The van der Waals surface area contributed by atoms with Gasteiger partial charge in [-0.2, -0.15) is 0 Å². The molecule has 3 rings (SSSR count). The fraction of sp³-hybridized carbons (Fsp3) is 0.310. The normalized spacial score (nSPS) is 12.2. The second-order valence-corrected chi connectivity index (χ2v) is 11.9. The second kappa shape index (κ2) is 12.5. The Morgan fingerprint density at radius 3 is 2.11 bits per heavy atom. The summed E-state index contributed by atoms with van der Waals surface area (Å²) in [6, 6.07) is 19.4. The Bertz CT molecular complexity index is 1370. The third-order valence-corrected chi connectivity index (χ3v) is 8.08. The first-order valence-electron chi connectivity index (χ1n) is 12.4. The highest BCUT2D eigenvalue weighted by Crippen LogP contribution is 2.26. The van der Waals surface area contributed by atoms with Gasteiger partial charge in [0.2, 0.25) is 11.8 Å². The highest BCUT2D eigenvalue weighted by Gasteiger charge is 2.32. The molecule has 7 nitrogen and oxygen atoms in total. The Kier molecular flexibility index (Phi) is 9.57. The summed E-state index contributed by atoms with van der Waals surface area (Å²) >= 11 is 6.05. The summed E-state index contributed by atoms with van der Waals surface area (Å²) in [5, 5.41) is 3.29. The maximum atomic E-state index is 13.9. The summed E-state index contributed by atoms with van der Waals surface area (Å²) in [5.41, 5.74) is 3.05. The van der Waals surface area contributed by atoms with E-state index in [1.54, 1.807) is 43.3 Å². The average molecular weight is 556 g/mol. The van der Waals surface area contributed by atoms with Crippen LogP contribution in [0.1, 0.15) is 37.5 Å². The van der Waals surface area contributed by atoms with E-state index in [9.17, 15) is 18.0 Å². The second-order valence-electron chi connectivity index (χ2n) is 9.65. The van der Waals surface area contributed by atoms with Crippen LogP contribution in [0.3, 0.4) is 0 Å². The number of carbonyl (C=O) groups excluding carboxylic acids is 2. The van der Waals surface area contributed by atoms with Crippen molar-refractivity contribution in [1.29, 1.82) is 0 Å². The first-order valence-corrected chi connectivity index (χ1v) is 14.2. The topological polar surface area (TPSA) is 86.8 Å². The number of rotatable bonds is 10. The first-order chi connectivity index (χ1) is 17.9. The minimum atomic E-state index is -4.11. The largest absolute Gasteiger partial charge is 0.352 e. The van der Waals surface area contributed by atoms with Gasteiger partial charge in [0.25, 0.3) is 10.0 Å². The van der Waals surface area contributed by atoms with Gasteiger partial charge in [0, 0.05) is 17.6 Å². The van der Waals surface area contributed by atoms with Crippen molar-refractivity contribution in [3.05, 3.63) is 94.5 Å². The summed E-state index contributed by atoms with van der Waals surface area (Å²) in [4.78, 5) is 28.3. The van der Waals surface area contributed by atoms with Gasteiger partial charge in [-0.25, -0.2) is 8.42 Å². The zero-order valence-electron chi connectivity index (χ0n) is 22.3. The molecule has 0 bridgehead atoms. The molecule has 1 N–H and O–H groups in total. The highest BCUT2D eigenvalue weighted by atomic mass is 35.5. The summed E-state index contributed by atoms with van der Waals surface area (Å²) < 4.78 is 28.6. The summed E-state index contributed by atoms with van der Waals surface area (Å²) in [6.45, 7) is 8.79. The number of aryl methyl sites for hydroxylation is 2. The van der Waals surface area contributed by atoms with E-state index in [1.165, 1.54) is 17.0 Å². The highest BCUT2D eigenvalue weighted by molar-refractivity contribution is 7.92. The van der Waals surface area contributed by atoms with Crippen LogP contribution in [0.5, 0.6) is 0 Å². The molecule has 0 radical (unpaired) electrons. The number of sulfonamides is 1. The monoisotopic (exact) mass is 555 g/mol. The molecular formula is C29H34ClN3O4S. The molecule has 0 aliphatic rings. The van der Waals surface area contributed by atoms with Crippen LogP contribution in [0.25, 0.3) is 0 Å². The van der Waals surface area contributed by atoms with E-state index >= 15 is 0 Å². The van der Waals surface area contributed by atoms with Crippen molar-refractivity contribution >= 4 is 39.1 Å². The van der Waals surface area contributed by atoms with E-state index in [-0.39, 0.29) is 29.1 Å². The number of carbonyl (C=O) groups is 2. The first kappa shape index (κ1) is 29.2. The van der Waals surface area contributed by atoms with Crippen LogP contribution in [0.15, 0.2) is 77.7 Å². The van der Waals surface area contributed by atoms with Crippen molar-refractivity contribution < 1.29 is 18.0 Å². The van der Waals surface area contributed by atoms with Crippen LogP contribution in [0.2, 0.25) is 5.02 Å². The zero-order chi connectivity index (χ0) is 28.0. The Morgan fingerprint density at radius 2 is 1.53 bits per heavy atom. The molecule has 0 saturated heterocycles. The van der Waals surface area contributed by atoms with Crippen molar-refractivity contribution in [2.24, 2.45) is 0 Å². The van der Waals surface area contributed by atoms with Crippen molar-refractivity contribution in [1.82, 2.24) is 10.2 Å². The lowest BCUT2D eigenvalue weighted by atomic mass is 10.1. The van der Waals surface area contributed by atoms with Crippen LogP contribution in [0, 0.1) is 13.8 Å². The predicted molar refractivity (Wildman–Crippen MR) is 152 cm³/mol. The third-order valence-electron chi connectivity index (χ3n) is 6.04. The number of hydrogen-bond donors (Lipinski definition) is 1. The smallest absolute Gasteiger partial charge is 0.264 e. The number of halogens is 1. The molecule has 3 aromatic carbocycles. The van der Waals surface area contributed by atoms with Crippen molar-refractivity contribution in [2.75, 3.05) is 10.8 Å². The van der Waals surface area contributed by atoms with Crippen LogP contribution in [-0.2, 0) is 26.2 Å². The molecule has 0 aliphatic carbocycles. The van der Waals surface area contributed by atoms with E-state index < -0.39 is 28.5 Å². The van der Waals surface area contributed by atoms with Gasteiger partial charge in [0.05, 0.1) is 10.6 Å². The molecule has 0 aliphatic heterocycles. The van der Waals surface area contributed by atoms with Crippen LogP contribution in [0.4, 0.5) is 5.69 Å². The third kappa shape index (κ3) is 7.36. The Balaban J connectivity index is 2.02. The quantitative estimate of drug-likeness (QED) is 0.377. The average Bonchev–Trinajstić information content (AvgIpc) is 2.86. The molecule has 0 spiro atoms. The number of benzene rings is 3. The van der Waals surface area contributed by atoms with Gasteiger partial charge in [-0.3, -0.25) is 13.9 Å². The van der Waals surface area contributed by atoms with E-state index in [0.717, 1.165) is 21.0 Å². The van der Waals surface area contributed by atoms with Crippen LogP contribution >= 0.6 is 11.6 Å². The molecule has 0 aromatic heterocycles. The Hall–Kier alpha value is -3.36.